The van der Waals surface area contributed by atoms with E-state index in [1.165, 1.54) is 82.6 Å². The quantitative estimate of drug-likeness (QED) is 0.0859. The van der Waals surface area contributed by atoms with Gasteiger partial charge in [0, 0.05) is 29.9 Å². The summed E-state index contributed by atoms with van der Waals surface area (Å²) >= 11 is 0. The SMILES string of the molecule is CCCCCCCCCc1ccc(-c2ncc(-c3ccc(OC(=O)CCC(C)CCCCCC)cc3)cn2)cc1. The first kappa shape index (κ1) is 31.5. The molecule has 0 N–H and O–H groups in total. The normalized spacial score (nSPS) is 11.9. The van der Waals surface area contributed by atoms with Crippen molar-refractivity contribution < 1.29 is 9.53 Å². The number of ether oxygens (including phenoxy) is 1. The Labute approximate surface area is 243 Å². The van der Waals surface area contributed by atoms with Crippen LogP contribution >= 0.6 is 0 Å². The van der Waals surface area contributed by atoms with Crippen LogP contribution in [0.5, 0.6) is 5.75 Å². The zero-order chi connectivity index (χ0) is 28.4. The second-order valence-corrected chi connectivity index (χ2v) is 11.4. The molecule has 0 bridgehead atoms. The number of esters is 1. The van der Waals surface area contributed by atoms with Crippen LogP contribution in [0.2, 0.25) is 0 Å². The molecular formula is C36H50N2O2. The number of hydrogen-bond donors (Lipinski definition) is 0. The van der Waals surface area contributed by atoms with Crippen molar-refractivity contribution in [2.75, 3.05) is 0 Å². The summed E-state index contributed by atoms with van der Waals surface area (Å²) in [6.07, 6.45) is 21.8. The van der Waals surface area contributed by atoms with Crippen LogP contribution < -0.4 is 4.74 Å². The zero-order valence-corrected chi connectivity index (χ0v) is 25.2. The molecule has 1 unspecified atom stereocenters. The van der Waals surface area contributed by atoms with E-state index < -0.39 is 0 Å². The molecule has 0 aliphatic rings. The van der Waals surface area contributed by atoms with Crippen LogP contribution in [-0.2, 0) is 11.2 Å². The number of aryl methyl sites for hydroxylation is 1. The first-order valence-corrected chi connectivity index (χ1v) is 15.8. The molecule has 2 aromatic carbocycles. The Morgan fingerprint density at radius 1 is 0.675 bits per heavy atom. The molecule has 1 aromatic heterocycles. The average molecular weight is 543 g/mol. The van der Waals surface area contributed by atoms with Crippen LogP contribution in [0.3, 0.4) is 0 Å². The van der Waals surface area contributed by atoms with Gasteiger partial charge in [-0.25, -0.2) is 9.97 Å². The molecule has 0 aliphatic carbocycles. The van der Waals surface area contributed by atoms with Gasteiger partial charge in [0.05, 0.1) is 0 Å². The summed E-state index contributed by atoms with van der Waals surface area (Å²) in [5.41, 5.74) is 4.35. The third kappa shape index (κ3) is 11.6. The number of carbonyl (C=O) groups excluding carboxylic acids is 1. The van der Waals surface area contributed by atoms with E-state index in [1.807, 2.05) is 36.7 Å². The summed E-state index contributed by atoms with van der Waals surface area (Å²) in [7, 11) is 0. The number of nitrogens with zero attached hydrogens (tertiary/aromatic N) is 2. The first-order chi connectivity index (χ1) is 19.6. The van der Waals surface area contributed by atoms with Crippen LogP contribution in [-0.4, -0.2) is 15.9 Å². The maximum atomic E-state index is 12.3. The molecule has 216 valence electrons. The Morgan fingerprint density at radius 3 is 1.90 bits per heavy atom. The standard InChI is InChI=1S/C36H50N2O2/c1-4-6-8-10-11-12-14-16-30-18-20-32(21-19-30)36-37-27-33(28-38-36)31-22-24-34(25-23-31)40-35(39)26-17-29(3)15-13-9-7-5-2/h18-25,27-29H,4-17,26H2,1-3H3. The minimum Gasteiger partial charge on any atom is -0.427 e. The fourth-order valence-corrected chi connectivity index (χ4v) is 5.06. The van der Waals surface area contributed by atoms with Gasteiger partial charge in [0.15, 0.2) is 5.82 Å². The highest BCUT2D eigenvalue weighted by Crippen LogP contribution is 2.24. The van der Waals surface area contributed by atoms with Gasteiger partial charge in [0.2, 0.25) is 0 Å². The molecule has 4 nitrogen and oxygen atoms in total. The molecule has 0 amide bonds. The summed E-state index contributed by atoms with van der Waals surface area (Å²) in [5, 5.41) is 0. The van der Waals surface area contributed by atoms with Crippen molar-refractivity contribution in [2.45, 2.75) is 117 Å². The number of unbranched alkanes of at least 4 members (excludes halogenated alkanes) is 9. The summed E-state index contributed by atoms with van der Waals surface area (Å²) in [5.74, 6) is 1.71. The monoisotopic (exact) mass is 542 g/mol. The van der Waals surface area contributed by atoms with E-state index in [0.29, 0.717) is 18.1 Å². The molecule has 40 heavy (non-hydrogen) atoms. The smallest absolute Gasteiger partial charge is 0.311 e. The zero-order valence-electron chi connectivity index (χ0n) is 25.2. The third-order valence-corrected chi connectivity index (χ3v) is 7.74. The lowest BCUT2D eigenvalue weighted by molar-refractivity contribution is -0.134. The van der Waals surface area contributed by atoms with Crippen LogP contribution in [0.25, 0.3) is 22.5 Å². The minimum absolute atomic E-state index is 0.158. The van der Waals surface area contributed by atoms with Crippen molar-refractivity contribution in [1.29, 1.82) is 0 Å². The molecular weight excluding hydrogens is 492 g/mol. The summed E-state index contributed by atoms with van der Waals surface area (Å²) < 4.78 is 5.57. The summed E-state index contributed by atoms with van der Waals surface area (Å²) in [4.78, 5) is 21.5. The lowest BCUT2D eigenvalue weighted by atomic mass is 9.98. The number of aromatic nitrogens is 2. The lowest BCUT2D eigenvalue weighted by Crippen LogP contribution is -2.09. The van der Waals surface area contributed by atoms with Crippen molar-refractivity contribution in [3.8, 4) is 28.3 Å². The van der Waals surface area contributed by atoms with Gasteiger partial charge in [0.25, 0.3) is 0 Å². The Kier molecular flexibility index (Phi) is 14.5. The second kappa shape index (κ2) is 18.4. The Morgan fingerprint density at radius 2 is 1.25 bits per heavy atom. The predicted molar refractivity (Wildman–Crippen MR) is 167 cm³/mol. The highest BCUT2D eigenvalue weighted by atomic mass is 16.5. The van der Waals surface area contributed by atoms with Crippen molar-refractivity contribution in [3.05, 3.63) is 66.5 Å². The molecule has 3 rings (SSSR count). The lowest BCUT2D eigenvalue weighted by Gasteiger charge is -2.11. The van der Waals surface area contributed by atoms with Gasteiger partial charge in [-0.15, -0.1) is 0 Å². The van der Waals surface area contributed by atoms with Crippen LogP contribution in [0.1, 0.15) is 116 Å². The van der Waals surface area contributed by atoms with Crippen molar-refractivity contribution in [3.63, 3.8) is 0 Å². The Hall–Kier alpha value is -3.01. The van der Waals surface area contributed by atoms with Gasteiger partial charge in [-0.05, 0) is 48.4 Å². The first-order valence-electron chi connectivity index (χ1n) is 15.8. The molecule has 3 aromatic rings. The largest absolute Gasteiger partial charge is 0.427 e. The molecule has 0 fully saturated rings. The van der Waals surface area contributed by atoms with Crippen LogP contribution in [0, 0.1) is 5.92 Å². The van der Waals surface area contributed by atoms with E-state index in [-0.39, 0.29) is 5.97 Å². The molecule has 1 heterocycles. The van der Waals surface area contributed by atoms with Gasteiger partial charge in [0.1, 0.15) is 5.75 Å². The van der Waals surface area contributed by atoms with Crippen molar-refractivity contribution in [1.82, 2.24) is 9.97 Å². The van der Waals surface area contributed by atoms with Crippen LogP contribution in [0.15, 0.2) is 60.9 Å². The highest BCUT2D eigenvalue weighted by Gasteiger charge is 2.10. The maximum Gasteiger partial charge on any atom is 0.311 e. The third-order valence-electron chi connectivity index (χ3n) is 7.74. The predicted octanol–water partition coefficient (Wildman–Crippen LogP) is 10.4. The number of carbonyl (C=O) groups is 1. The molecule has 0 spiro atoms. The van der Waals surface area contributed by atoms with E-state index >= 15 is 0 Å². The second-order valence-electron chi connectivity index (χ2n) is 11.4. The van der Waals surface area contributed by atoms with E-state index in [9.17, 15) is 4.79 Å². The molecule has 0 saturated carbocycles. The van der Waals surface area contributed by atoms with Gasteiger partial charge >= 0.3 is 5.97 Å². The highest BCUT2D eigenvalue weighted by molar-refractivity contribution is 5.73. The maximum absolute atomic E-state index is 12.3. The number of rotatable bonds is 19. The van der Waals surface area contributed by atoms with E-state index in [0.717, 1.165) is 35.4 Å². The molecule has 1 atom stereocenters. The topological polar surface area (TPSA) is 52.1 Å². The number of hydrogen-bond acceptors (Lipinski definition) is 4. The molecule has 0 radical (unpaired) electrons. The van der Waals surface area contributed by atoms with Crippen molar-refractivity contribution in [2.24, 2.45) is 5.92 Å². The van der Waals surface area contributed by atoms with Gasteiger partial charge < -0.3 is 4.74 Å². The van der Waals surface area contributed by atoms with Gasteiger partial charge in [-0.3, -0.25) is 4.79 Å². The summed E-state index contributed by atoms with van der Waals surface area (Å²) in [6, 6.07) is 16.3. The van der Waals surface area contributed by atoms with E-state index in [4.69, 9.17) is 4.74 Å². The van der Waals surface area contributed by atoms with E-state index in [1.54, 1.807) is 0 Å². The van der Waals surface area contributed by atoms with Gasteiger partial charge in [-0.2, -0.15) is 0 Å². The average Bonchev–Trinajstić information content (AvgIpc) is 2.99. The van der Waals surface area contributed by atoms with Crippen molar-refractivity contribution >= 4 is 5.97 Å². The van der Waals surface area contributed by atoms with E-state index in [2.05, 4.69) is 55.0 Å². The van der Waals surface area contributed by atoms with Crippen LogP contribution in [0.4, 0.5) is 0 Å². The number of benzene rings is 2. The fraction of sp³-hybridized carbons (Fsp3) is 0.528. The minimum atomic E-state index is -0.158. The van der Waals surface area contributed by atoms with Gasteiger partial charge in [-0.1, -0.05) is 128 Å². The fourth-order valence-electron chi connectivity index (χ4n) is 5.06. The summed E-state index contributed by atoms with van der Waals surface area (Å²) in [6.45, 7) is 6.73. The Bertz CT molecular complexity index is 1090. The molecule has 0 saturated heterocycles. The Balaban J connectivity index is 1.42. The molecule has 0 aliphatic heterocycles. The molecule has 4 heteroatoms.